The lowest BCUT2D eigenvalue weighted by molar-refractivity contribution is -0.129. The Balaban J connectivity index is 1.53. The highest BCUT2D eigenvalue weighted by Crippen LogP contribution is 2.30. The topological polar surface area (TPSA) is 57.1 Å². The Kier molecular flexibility index (Phi) is 6.36. The van der Waals surface area contributed by atoms with Gasteiger partial charge >= 0.3 is 5.97 Å². The number of carbonyl (C=O) groups is 1. The Hall–Kier alpha value is -3.13. The summed E-state index contributed by atoms with van der Waals surface area (Å²) in [5.41, 5.74) is 3.97. The Morgan fingerprint density at radius 2 is 1.84 bits per heavy atom. The molecule has 0 aromatic heterocycles. The summed E-state index contributed by atoms with van der Waals surface area (Å²) >= 11 is 2.27. The smallest absolute Gasteiger partial charge is 0.363 e. The second-order valence-corrected chi connectivity index (χ2v) is 8.28. The van der Waals surface area contributed by atoms with E-state index < -0.39 is 5.97 Å². The highest BCUT2D eigenvalue weighted by atomic mass is 127. The summed E-state index contributed by atoms with van der Waals surface area (Å²) in [6, 6.07) is 21.3. The number of benzene rings is 3. The van der Waals surface area contributed by atoms with Gasteiger partial charge in [0.1, 0.15) is 6.61 Å². The first-order chi connectivity index (χ1) is 15.0. The lowest BCUT2D eigenvalue weighted by Gasteiger charge is -2.11. The molecule has 31 heavy (non-hydrogen) atoms. The third-order valence-corrected chi connectivity index (χ3v) is 5.36. The van der Waals surface area contributed by atoms with Crippen LogP contribution in [0.25, 0.3) is 6.08 Å². The van der Waals surface area contributed by atoms with Crippen LogP contribution in [0.4, 0.5) is 0 Å². The van der Waals surface area contributed by atoms with Crippen molar-refractivity contribution in [1.29, 1.82) is 0 Å². The van der Waals surface area contributed by atoms with E-state index in [2.05, 4.69) is 33.6 Å². The van der Waals surface area contributed by atoms with E-state index in [0.717, 1.165) is 25.8 Å². The molecule has 3 aromatic rings. The lowest BCUT2D eigenvalue weighted by atomic mass is 10.1. The molecule has 0 saturated carbocycles. The standard InChI is InChI=1S/C25H20INO4/c1-16-6-9-19(10-7-16)24-27-21(25(28)31-24)13-17-8-11-22(23(14-17)29-2)30-15-18-4-3-5-20(26)12-18/h3-14H,15H2,1-2H3/b21-13-. The maximum absolute atomic E-state index is 12.3. The van der Waals surface area contributed by atoms with E-state index in [9.17, 15) is 4.79 Å². The van der Waals surface area contributed by atoms with E-state index in [1.54, 1.807) is 13.2 Å². The zero-order chi connectivity index (χ0) is 21.8. The van der Waals surface area contributed by atoms with E-state index in [4.69, 9.17) is 14.2 Å². The fourth-order valence-electron chi connectivity index (χ4n) is 3.07. The van der Waals surface area contributed by atoms with Gasteiger partial charge in [-0.05, 0) is 83.1 Å². The number of hydrogen-bond donors (Lipinski definition) is 0. The first-order valence-electron chi connectivity index (χ1n) is 9.67. The van der Waals surface area contributed by atoms with Crippen molar-refractivity contribution in [3.63, 3.8) is 0 Å². The van der Waals surface area contributed by atoms with Gasteiger partial charge < -0.3 is 14.2 Å². The van der Waals surface area contributed by atoms with Crippen LogP contribution in [0.3, 0.4) is 0 Å². The summed E-state index contributed by atoms with van der Waals surface area (Å²) in [5.74, 6) is 1.03. The number of esters is 1. The Bertz CT molecular complexity index is 1180. The maximum Gasteiger partial charge on any atom is 0.363 e. The summed E-state index contributed by atoms with van der Waals surface area (Å²) < 4.78 is 17.9. The zero-order valence-electron chi connectivity index (χ0n) is 17.1. The van der Waals surface area contributed by atoms with Gasteiger partial charge in [0.25, 0.3) is 0 Å². The minimum Gasteiger partial charge on any atom is -0.493 e. The van der Waals surface area contributed by atoms with Gasteiger partial charge in [-0.3, -0.25) is 0 Å². The van der Waals surface area contributed by atoms with Crippen molar-refractivity contribution in [3.8, 4) is 11.5 Å². The van der Waals surface area contributed by atoms with Gasteiger partial charge in [0.2, 0.25) is 5.90 Å². The fraction of sp³-hybridized carbons (Fsp3) is 0.120. The molecule has 4 rings (SSSR count). The number of rotatable bonds is 6. The largest absolute Gasteiger partial charge is 0.493 e. The van der Waals surface area contributed by atoms with E-state index in [0.29, 0.717) is 24.0 Å². The van der Waals surface area contributed by atoms with Crippen molar-refractivity contribution in [2.75, 3.05) is 7.11 Å². The van der Waals surface area contributed by atoms with Crippen LogP contribution in [0.2, 0.25) is 0 Å². The first kappa shape index (κ1) is 21.1. The second kappa shape index (κ2) is 9.34. The lowest BCUT2D eigenvalue weighted by Crippen LogP contribution is -2.05. The fourth-order valence-corrected chi connectivity index (χ4v) is 3.68. The minimum absolute atomic E-state index is 0.241. The van der Waals surface area contributed by atoms with Crippen LogP contribution >= 0.6 is 22.6 Å². The molecule has 0 spiro atoms. The van der Waals surface area contributed by atoms with Gasteiger partial charge in [-0.1, -0.05) is 35.9 Å². The highest BCUT2D eigenvalue weighted by Gasteiger charge is 2.24. The van der Waals surface area contributed by atoms with Crippen molar-refractivity contribution in [2.24, 2.45) is 4.99 Å². The molecular weight excluding hydrogens is 505 g/mol. The van der Waals surface area contributed by atoms with Gasteiger partial charge in [-0.2, -0.15) is 0 Å². The van der Waals surface area contributed by atoms with Crippen LogP contribution in [-0.4, -0.2) is 19.0 Å². The molecule has 0 radical (unpaired) electrons. The number of aryl methyl sites for hydroxylation is 1. The molecule has 1 aliphatic rings. The molecule has 3 aromatic carbocycles. The normalized spacial score (nSPS) is 14.4. The molecule has 1 aliphatic heterocycles. The van der Waals surface area contributed by atoms with Crippen molar-refractivity contribution in [1.82, 2.24) is 0 Å². The van der Waals surface area contributed by atoms with Crippen LogP contribution < -0.4 is 9.47 Å². The number of aliphatic imine (C=N–C) groups is 1. The number of nitrogens with zero attached hydrogens (tertiary/aromatic N) is 1. The van der Waals surface area contributed by atoms with Crippen LogP contribution in [0.15, 0.2) is 77.4 Å². The number of cyclic esters (lactones) is 1. The number of methoxy groups -OCH3 is 1. The summed E-state index contributed by atoms with van der Waals surface area (Å²) in [6.45, 7) is 2.43. The summed E-state index contributed by atoms with van der Waals surface area (Å²) in [6.07, 6.45) is 1.68. The molecule has 0 bridgehead atoms. The molecule has 6 heteroatoms. The maximum atomic E-state index is 12.3. The van der Waals surface area contributed by atoms with E-state index >= 15 is 0 Å². The highest BCUT2D eigenvalue weighted by molar-refractivity contribution is 14.1. The predicted octanol–water partition coefficient (Wildman–Crippen LogP) is 5.53. The minimum atomic E-state index is -0.478. The molecule has 0 atom stereocenters. The van der Waals surface area contributed by atoms with Crippen molar-refractivity contribution in [2.45, 2.75) is 13.5 Å². The zero-order valence-corrected chi connectivity index (χ0v) is 19.3. The summed E-state index contributed by atoms with van der Waals surface area (Å²) in [4.78, 5) is 16.6. The molecule has 5 nitrogen and oxygen atoms in total. The number of halogens is 1. The Labute approximate surface area is 194 Å². The molecule has 0 fully saturated rings. The number of hydrogen-bond acceptors (Lipinski definition) is 5. The average Bonchev–Trinajstić information content (AvgIpc) is 3.13. The quantitative estimate of drug-likeness (QED) is 0.241. The third-order valence-electron chi connectivity index (χ3n) is 4.69. The van der Waals surface area contributed by atoms with Crippen LogP contribution in [0.1, 0.15) is 22.3 Å². The molecule has 156 valence electrons. The van der Waals surface area contributed by atoms with Crippen LogP contribution in [0, 0.1) is 10.5 Å². The van der Waals surface area contributed by atoms with Crippen molar-refractivity contribution >= 4 is 40.5 Å². The van der Waals surface area contributed by atoms with Crippen LogP contribution in [0.5, 0.6) is 11.5 Å². The Morgan fingerprint density at radius 3 is 2.58 bits per heavy atom. The third kappa shape index (κ3) is 5.14. The van der Waals surface area contributed by atoms with Crippen LogP contribution in [-0.2, 0) is 16.1 Å². The predicted molar refractivity (Wildman–Crippen MR) is 128 cm³/mol. The molecule has 0 amide bonds. The first-order valence-corrected chi connectivity index (χ1v) is 10.7. The summed E-state index contributed by atoms with van der Waals surface area (Å²) in [7, 11) is 1.59. The van der Waals surface area contributed by atoms with Gasteiger partial charge in [-0.15, -0.1) is 0 Å². The monoisotopic (exact) mass is 525 g/mol. The van der Waals surface area contributed by atoms with Crippen molar-refractivity contribution in [3.05, 3.63) is 98.3 Å². The van der Waals surface area contributed by atoms with Gasteiger partial charge in [0.15, 0.2) is 17.2 Å². The van der Waals surface area contributed by atoms with E-state index in [1.807, 2.05) is 67.6 Å². The molecule has 0 unspecified atom stereocenters. The van der Waals surface area contributed by atoms with Gasteiger partial charge in [0.05, 0.1) is 7.11 Å². The second-order valence-electron chi connectivity index (χ2n) is 7.03. The summed E-state index contributed by atoms with van der Waals surface area (Å²) in [5, 5.41) is 0. The van der Waals surface area contributed by atoms with Gasteiger partial charge in [-0.25, -0.2) is 9.79 Å². The Morgan fingerprint density at radius 1 is 1.03 bits per heavy atom. The molecule has 0 aliphatic carbocycles. The molecular formula is C25H20INO4. The van der Waals surface area contributed by atoms with E-state index in [1.165, 1.54) is 0 Å². The van der Waals surface area contributed by atoms with Gasteiger partial charge in [0, 0.05) is 9.13 Å². The van der Waals surface area contributed by atoms with Crippen molar-refractivity contribution < 1.29 is 19.0 Å². The number of carbonyl (C=O) groups excluding carboxylic acids is 1. The molecule has 1 heterocycles. The molecule has 0 N–H and O–H groups in total. The van der Waals surface area contributed by atoms with E-state index in [-0.39, 0.29) is 5.70 Å². The SMILES string of the molecule is COc1cc(/C=C2\N=C(c3ccc(C)cc3)OC2=O)ccc1OCc1cccc(I)c1. The average molecular weight is 525 g/mol. The number of ether oxygens (including phenoxy) is 3. The molecule has 0 saturated heterocycles.